The molecule has 2 aliphatic carbocycles. The van der Waals surface area contributed by atoms with Crippen molar-refractivity contribution in [2.45, 2.75) is 89.1 Å². The first-order valence-electron chi connectivity index (χ1n) is 19.6. The van der Waals surface area contributed by atoms with Crippen molar-refractivity contribution in [2.75, 3.05) is 27.3 Å². The predicted octanol–water partition coefficient (Wildman–Crippen LogP) is 9.73. The number of aromatic nitrogens is 2. The Morgan fingerprint density at radius 3 is 1.48 bits per heavy atom. The van der Waals surface area contributed by atoms with E-state index in [4.69, 9.17) is 15.2 Å². The quantitative estimate of drug-likeness (QED) is 0.115. The standard InChI is InChI=1S/C26H25BrN2O4.C18H23BrN2O2/c1-33-26(32)17-11-12-20-21(15-17)28(23(27)22(20)16-7-3-2-4-8-16)13-14-29-24(30)18-9-5-6-10-19(18)25(29)31;1-23-18(22)13-7-8-14-15(11-13)21(10-9-20)17(19)16(14)12-5-3-2-4-6-12/h5-6,9-12,15-16H,2-4,7-8,13-14H2,1H3;7-8,11-12H,2-6,9-10,20H2,1H3. The van der Waals surface area contributed by atoms with E-state index in [-0.39, 0.29) is 30.3 Å². The van der Waals surface area contributed by atoms with Crippen LogP contribution in [0.25, 0.3) is 21.8 Å². The third-order valence-corrected chi connectivity index (χ3v) is 13.4. The number of imide groups is 1. The molecule has 12 heteroatoms. The van der Waals surface area contributed by atoms with Gasteiger partial charge in [-0.25, -0.2) is 9.59 Å². The second kappa shape index (κ2) is 17.5. The van der Waals surface area contributed by atoms with Crippen molar-refractivity contribution in [3.63, 3.8) is 0 Å². The minimum absolute atomic E-state index is 0.251. The molecule has 2 aromatic heterocycles. The molecule has 2 amide bonds. The zero-order chi connectivity index (χ0) is 39.5. The number of rotatable bonds is 9. The Bertz CT molecular complexity index is 2260. The fourth-order valence-electron chi connectivity index (χ4n) is 8.95. The van der Waals surface area contributed by atoms with Crippen LogP contribution in [0.1, 0.15) is 129 Å². The minimum atomic E-state index is -0.389. The number of ether oxygens (including phenoxy) is 2. The lowest BCUT2D eigenvalue weighted by Gasteiger charge is -2.22. The van der Waals surface area contributed by atoms with Crippen LogP contribution in [0.4, 0.5) is 0 Å². The van der Waals surface area contributed by atoms with Gasteiger partial charge in [0.15, 0.2) is 0 Å². The highest BCUT2D eigenvalue weighted by Gasteiger charge is 2.35. The minimum Gasteiger partial charge on any atom is -0.465 e. The maximum absolute atomic E-state index is 12.8. The van der Waals surface area contributed by atoms with Gasteiger partial charge in [-0.1, -0.05) is 62.8 Å². The maximum Gasteiger partial charge on any atom is 0.337 e. The van der Waals surface area contributed by atoms with E-state index in [1.54, 1.807) is 30.3 Å². The fourth-order valence-corrected chi connectivity index (χ4v) is 10.8. The van der Waals surface area contributed by atoms with Crippen LogP contribution >= 0.6 is 31.9 Å². The summed E-state index contributed by atoms with van der Waals surface area (Å²) in [5, 5.41) is 2.33. The predicted molar refractivity (Wildman–Crippen MR) is 224 cm³/mol. The van der Waals surface area contributed by atoms with Crippen LogP contribution in [0.5, 0.6) is 0 Å². The van der Waals surface area contributed by atoms with Gasteiger partial charge in [0, 0.05) is 37.0 Å². The number of benzene rings is 3. The van der Waals surface area contributed by atoms with Crippen molar-refractivity contribution in [3.05, 3.63) is 103 Å². The lowest BCUT2D eigenvalue weighted by Crippen LogP contribution is -2.33. The van der Waals surface area contributed by atoms with Gasteiger partial charge in [0.2, 0.25) is 0 Å². The number of hydrogen-bond acceptors (Lipinski definition) is 7. The second-order valence-corrected chi connectivity index (χ2v) is 16.4. The molecule has 294 valence electrons. The van der Waals surface area contributed by atoms with E-state index >= 15 is 0 Å². The van der Waals surface area contributed by atoms with Crippen LogP contribution < -0.4 is 5.73 Å². The highest BCUT2D eigenvalue weighted by atomic mass is 79.9. The topological polar surface area (TPSA) is 126 Å². The number of carbonyl (C=O) groups is 4. The normalized spacial score (nSPS) is 16.3. The van der Waals surface area contributed by atoms with Gasteiger partial charge in [0.1, 0.15) is 0 Å². The molecule has 0 unspecified atom stereocenters. The largest absolute Gasteiger partial charge is 0.465 e. The third kappa shape index (κ3) is 7.59. The number of nitrogens with two attached hydrogens (primary N) is 1. The molecule has 2 fully saturated rings. The van der Waals surface area contributed by atoms with Crippen molar-refractivity contribution >= 4 is 77.4 Å². The van der Waals surface area contributed by atoms with Crippen LogP contribution in [0.15, 0.2) is 69.9 Å². The van der Waals surface area contributed by atoms with E-state index in [9.17, 15) is 19.2 Å². The summed E-state index contributed by atoms with van der Waals surface area (Å²) in [5.74, 6) is -0.177. The van der Waals surface area contributed by atoms with Crippen LogP contribution in [0.3, 0.4) is 0 Å². The van der Waals surface area contributed by atoms with Gasteiger partial charge in [0.25, 0.3) is 11.8 Å². The smallest absolute Gasteiger partial charge is 0.337 e. The lowest BCUT2D eigenvalue weighted by atomic mass is 9.84. The van der Waals surface area contributed by atoms with Crippen molar-refractivity contribution < 1.29 is 28.7 Å². The molecule has 3 aliphatic rings. The number of carbonyl (C=O) groups excluding carboxylic acids is 4. The molecule has 0 bridgehead atoms. The lowest BCUT2D eigenvalue weighted by molar-refractivity contribution is 0.0592. The Morgan fingerprint density at radius 2 is 1.07 bits per heavy atom. The molecule has 3 aromatic carbocycles. The molecule has 2 N–H and O–H groups in total. The van der Waals surface area contributed by atoms with Crippen molar-refractivity contribution in [1.82, 2.24) is 14.0 Å². The Balaban J connectivity index is 0.000000183. The first-order chi connectivity index (χ1) is 27.2. The monoisotopic (exact) mass is 886 g/mol. The molecule has 10 nitrogen and oxygen atoms in total. The van der Waals surface area contributed by atoms with Crippen molar-refractivity contribution in [2.24, 2.45) is 5.73 Å². The van der Waals surface area contributed by atoms with E-state index in [0.717, 1.165) is 45.0 Å². The van der Waals surface area contributed by atoms with E-state index in [1.807, 2.05) is 24.3 Å². The van der Waals surface area contributed by atoms with Crippen LogP contribution in [-0.2, 0) is 22.6 Å². The number of fused-ring (bicyclic) bond motifs is 3. The number of nitrogens with zero attached hydrogens (tertiary/aromatic N) is 3. The summed E-state index contributed by atoms with van der Waals surface area (Å²) in [5.41, 5.74) is 12.4. The number of amides is 2. The molecule has 2 saturated carbocycles. The van der Waals surface area contributed by atoms with E-state index in [0.29, 0.717) is 47.2 Å². The van der Waals surface area contributed by atoms with Gasteiger partial charge in [-0.15, -0.1) is 0 Å². The molecule has 5 aromatic rings. The Morgan fingerprint density at radius 1 is 0.643 bits per heavy atom. The molecule has 1 aliphatic heterocycles. The van der Waals surface area contributed by atoms with Crippen LogP contribution in [-0.4, -0.2) is 65.1 Å². The molecule has 8 rings (SSSR count). The Labute approximate surface area is 343 Å². The molecule has 0 radical (unpaired) electrons. The summed E-state index contributed by atoms with van der Waals surface area (Å²) in [4.78, 5) is 51.0. The molecular weight excluding hydrogens is 840 g/mol. The summed E-state index contributed by atoms with van der Waals surface area (Å²) < 4.78 is 16.1. The number of esters is 2. The number of methoxy groups -OCH3 is 2. The number of halogens is 2. The van der Waals surface area contributed by atoms with Gasteiger partial charge in [-0.2, -0.15) is 0 Å². The molecule has 0 atom stereocenters. The Kier molecular flexibility index (Phi) is 12.5. The van der Waals surface area contributed by atoms with Gasteiger partial charge in [0.05, 0.1) is 56.7 Å². The second-order valence-electron chi connectivity index (χ2n) is 14.9. The summed E-state index contributed by atoms with van der Waals surface area (Å²) in [6, 6.07) is 18.4. The van der Waals surface area contributed by atoms with Gasteiger partial charge in [-0.3, -0.25) is 14.5 Å². The highest BCUT2D eigenvalue weighted by molar-refractivity contribution is 9.10. The maximum atomic E-state index is 12.8. The molecule has 0 saturated heterocycles. The van der Waals surface area contributed by atoms with E-state index in [2.05, 4.69) is 47.1 Å². The average Bonchev–Trinajstić information content (AvgIpc) is 3.78. The molecule has 56 heavy (non-hydrogen) atoms. The number of hydrogen-bond donors (Lipinski definition) is 1. The zero-order valence-corrected chi connectivity index (χ0v) is 35.1. The van der Waals surface area contributed by atoms with Gasteiger partial charge < -0.3 is 24.3 Å². The Hall–Kier alpha value is -4.26. The van der Waals surface area contributed by atoms with Crippen molar-refractivity contribution in [3.8, 4) is 0 Å². The first kappa shape index (κ1) is 40.0. The summed E-state index contributed by atoms with van der Waals surface area (Å²) >= 11 is 7.64. The fraction of sp³-hybridized carbons (Fsp3) is 0.409. The zero-order valence-electron chi connectivity index (χ0n) is 32.0. The van der Waals surface area contributed by atoms with Crippen molar-refractivity contribution in [1.29, 1.82) is 0 Å². The summed E-state index contributed by atoms with van der Waals surface area (Å²) in [6.45, 7) is 1.98. The van der Waals surface area contributed by atoms with Gasteiger partial charge in [-0.05, 0) is 117 Å². The summed E-state index contributed by atoms with van der Waals surface area (Å²) in [6.07, 6.45) is 12.3. The average molecular weight is 889 g/mol. The van der Waals surface area contributed by atoms with Crippen LogP contribution in [0.2, 0.25) is 0 Å². The third-order valence-electron chi connectivity index (χ3n) is 11.7. The molecule has 0 spiro atoms. The van der Waals surface area contributed by atoms with Gasteiger partial charge >= 0.3 is 11.9 Å². The van der Waals surface area contributed by atoms with E-state index < -0.39 is 0 Å². The molecule has 3 heterocycles. The van der Waals surface area contributed by atoms with E-state index in [1.165, 1.54) is 87.0 Å². The SMILES string of the molecule is COC(=O)c1ccc2c(C3CCCCC3)c(Br)n(CCN)c2c1.COC(=O)c1ccc2c(C3CCCCC3)c(Br)n(CCN3C(=O)c4ccccc4C3=O)c2c1. The molecular formula is C44H48Br2N4O6. The highest BCUT2D eigenvalue weighted by Crippen LogP contribution is 2.44. The van der Waals surface area contributed by atoms with Crippen LogP contribution in [0, 0.1) is 0 Å². The first-order valence-corrected chi connectivity index (χ1v) is 21.2. The summed E-state index contributed by atoms with van der Waals surface area (Å²) in [7, 11) is 2.78.